The van der Waals surface area contributed by atoms with E-state index >= 15 is 4.39 Å². The van der Waals surface area contributed by atoms with Crippen molar-refractivity contribution in [3.63, 3.8) is 0 Å². The summed E-state index contributed by atoms with van der Waals surface area (Å²) in [4.78, 5) is 71.9. The summed E-state index contributed by atoms with van der Waals surface area (Å²) < 4.78 is 40.8. The van der Waals surface area contributed by atoms with E-state index in [-0.39, 0.29) is 83.0 Å². The van der Waals surface area contributed by atoms with E-state index in [1.807, 2.05) is 0 Å². The van der Waals surface area contributed by atoms with E-state index in [0.29, 0.717) is 0 Å². The fraction of sp³-hybridized carbons (Fsp3) is 0.453. The molecule has 4 aliphatic rings. The van der Waals surface area contributed by atoms with Gasteiger partial charge in [0.05, 0.1) is 71.5 Å². The fourth-order valence-corrected chi connectivity index (χ4v) is 9.93. The molecule has 5 bridgehead atoms. The molecule has 22 heteroatoms. The number of benzene rings is 2. The Morgan fingerprint density at radius 1 is 0.973 bits per heavy atom. The zero-order chi connectivity index (χ0) is 55.1. The number of Topliss-reactive ketones (excluding diaryl/α,β-unsaturated/α-hetero) is 1. The number of allylic oxidation sites excluding steroid dienone is 2. The summed E-state index contributed by atoms with van der Waals surface area (Å²) in [7, 11) is 1.40. The van der Waals surface area contributed by atoms with Crippen LogP contribution < -0.4 is 20.4 Å². The molecule has 0 spiro atoms. The minimum atomic E-state index is -2.15. The van der Waals surface area contributed by atoms with Gasteiger partial charge in [-0.15, -0.1) is 0 Å². The number of rotatable bonds is 7. The molecule has 9 atom stereocenters. The number of nitrogens with zero attached hydrogens (tertiary/aromatic N) is 5. The molecule has 1 amide bonds. The number of fused-ring (bicyclic) bond motifs is 15. The van der Waals surface area contributed by atoms with Gasteiger partial charge in [-0.1, -0.05) is 45.9 Å². The van der Waals surface area contributed by atoms with Crippen LogP contribution in [0.15, 0.2) is 58.3 Å². The molecule has 2 aromatic heterocycles. The molecule has 0 aliphatic carbocycles. The van der Waals surface area contributed by atoms with Crippen LogP contribution in [0.1, 0.15) is 87.2 Å². The van der Waals surface area contributed by atoms with Crippen LogP contribution in [0.4, 0.5) is 15.9 Å². The molecular weight excluding hydrogens is 980 g/mol. The molecule has 4 aliphatic heterocycles. The number of methoxy groups -OCH3 is 1. The summed E-state index contributed by atoms with van der Waals surface area (Å²) in [5, 5.41) is 76.6. The molecule has 2 aromatic carbocycles. The summed E-state index contributed by atoms with van der Waals surface area (Å²) in [6.45, 7) is 14.7. The topological polar surface area (TPSA) is 292 Å². The Hall–Kier alpha value is -7.56. The van der Waals surface area contributed by atoms with Gasteiger partial charge in [-0.3, -0.25) is 24.2 Å². The first kappa shape index (κ1) is 55.2. The number of amides is 1. The largest absolute Gasteiger partial charge is 0.507 e. The maximum atomic E-state index is 15.7. The van der Waals surface area contributed by atoms with Gasteiger partial charge in [-0.05, 0) is 32.9 Å². The molecule has 21 nitrogen and oxygen atoms in total. The first-order chi connectivity index (χ1) is 35.4. The number of anilines is 2. The maximum Gasteiger partial charge on any atom is 0.341 e. The summed E-state index contributed by atoms with van der Waals surface area (Å²) in [5.74, 6) is -11.7. The second kappa shape index (κ2) is 21.7. The fourth-order valence-electron chi connectivity index (χ4n) is 9.93. The third kappa shape index (κ3) is 10.3. The highest BCUT2D eigenvalue weighted by Crippen LogP contribution is 2.55. The highest BCUT2D eigenvalue weighted by atomic mass is 19.1. The minimum absolute atomic E-state index is 0.0221. The van der Waals surface area contributed by atoms with Crippen LogP contribution in [0.25, 0.3) is 21.8 Å². The van der Waals surface area contributed by atoms with Crippen molar-refractivity contribution in [2.75, 3.05) is 43.5 Å². The van der Waals surface area contributed by atoms with Gasteiger partial charge < -0.3 is 64.4 Å². The number of hydrogen-bond acceptors (Lipinski definition) is 18. The van der Waals surface area contributed by atoms with E-state index < -0.39 is 123 Å². The normalized spacial score (nSPS) is 27.5. The Balaban J connectivity index is 1.30. The van der Waals surface area contributed by atoms with Crippen molar-refractivity contribution in [1.82, 2.24) is 14.6 Å². The highest BCUT2D eigenvalue weighted by Gasteiger charge is 2.50. The molecule has 8 rings (SSSR count). The number of carboxylic acids is 1. The first-order valence-corrected chi connectivity index (χ1v) is 24.5. The molecule has 0 saturated carbocycles. The lowest BCUT2D eigenvalue weighted by atomic mass is 9.78. The first-order valence-electron chi connectivity index (χ1n) is 24.5. The predicted molar refractivity (Wildman–Crippen MR) is 274 cm³/mol. The lowest BCUT2D eigenvalue weighted by molar-refractivity contribution is -0.160. The van der Waals surface area contributed by atoms with E-state index in [9.17, 15) is 54.6 Å². The summed E-state index contributed by atoms with van der Waals surface area (Å²) in [5.41, 5.74) is -2.20. The van der Waals surface area contributed by atoms with Gasteiger partial charge in [0.2, 0.25) is 5.43 Å². The van der Waals surface area contributed by atoms with Crippen molar-refractivity contribution in [3.05, 3.63) is 86.7 Å². The third-order valence-electron chi connectivity index (χ3n) is 14.5. The van der Waals surface area contributed by atoms with Crippen LogP contribution in [0.3, 0.4) is 0 Å². The van der Waals surface area contributed by atoms with Crippen LogP contribution in [0.5, 0.6) is 23.0 Å². The number of phenols is 3. The summed E-state index contributed by atoms with van der Waals surface area (Å²) in [6, 6.07) is 0.971. The monoisotopic (exact) mass is 1040 g/mol. The molecule has 7 N–H and O–H groups in total. The van der Waals surface area contributed by atoms with Gasteiger partial charge >= 0.3 is 17.7 Å². The van der Waals surface area contributed by atoms with E-state index in [1.54, 1.807) is 50.6 Å². The lowest BCUT2D eigenvalue weighted by Crippen LogP contribution is -2.46. The Morgan fingerprint density at radius 3 is 2.28 bits per heavy atom. The Kier molecular flexibility index (Phi) is 16.0. The van der Waals surface area contributed by atoms with Crippen LogP contribution in [0.2, 0.25) is 0 Å². The highest BCUT2D eigenvalue weighted by molar-refractivity contribution is 6.24. The number of carbonyl (C=O) groups is 4. The molecule has 75 heavy (non-hydrogen) atoms. The van der Waals surface area contributed by atoms with Crippen molar-refractivity contribution in [1.29, 1.82) is 0 Å². The molecular formula is C53H63FN6O15. The SMILES string of the molecule is CCn1cc(C(=O)O)c(=O)c2cc(F)c(N3CCN(/N=C/c4c5c(O)c6c(O)c(C)c7c(c6c4O)C(=O)[C@@](C)(O/C=C/[C@H](OC)[C@@H](C)[C@@H](OC(C)=O)[C@H](C)[C@H](O)[C@H](C)[C@@H](O)[C@H](C)/C=C/C=C(/C)C(=O)N5)O7)CC3)nc21. The number of carbonyl (C=O) groups excluding carboxylic acids is 3. The number of nitrogens with one attached hydrogen (secondary N) is 1. The number of carboxylic acid groups (broad SMARTS) is 1. The number of aliphatic hydroxyl groups is 2. The van der Waals surface area contributed by atoms with E-state index in [4.69, 9.17) is 18.9 Å². The molecule has 0 unspecified atom stereocenters. The van der Waals surface area contributed by atoms with Gasteiger partial charge in [-0.25, -0.2) is 14.2 Å². The molecule has 4 aromatic rings. The van der Waals surface area contributed by atoms with Crippen LogP contribution in [-0.4, -0.2) is 139 Å². The Morgan fingerprint density at radius 2 is 1.65 bits per heavy atom. The number of ketones is 1. The molecule has 0 radical (unpaired) electrons. The van der Waals surface area contributed by atoms with Crippen molar-refractivity contribution in [3.8, 4) is 23.0 Å². The minimum Gasteiger partial charge on any atom is -0.507 e. The second-order valence-corrected chi connectivity index (χ2v) is 19.4. The van der Waals surface area contributed by atoms with Gasteiger partial charge in [0, 0.05) is 87.0 Å². The number of hydrazone groups is 1. The van der Waals surface area contributed by atoms with E-state index in [0.717, 1.165) is 24.7 Å². The smallest absolute Gasteiger partial charge is 0.341 e. The Bertz CT molecular complexity index is 3140. The van der Waals surface area contributed by atoms with Crippen LogP contribution in [0, 0.1) is 36.4 Å². The zero-order valence-corrected chi connectivity index (χ0v) is 43.2. The van der Waals surface area contributed by atoms with Gasteiger partial charge in [-0.2, -0.15) is 5.10 Å². The maximum absolute atomic E-state index is 15.7. The standard InChI is InChI=1S/C53H63FN6O15/c1-11-58-23-33(52(70)71)43(65)31-21-34(54)50(57-49(31)58)59-16-18-60(19-17-59)55-22-32-39-45(67)37-36(44(32)66)38-47(29(7)42(37)64)75-53(9,48(38)68)73-20-15-35(72-10)26(4)46(74-30(8)61)28(6)41(63)27(5)40(62)24(2)13-12-14-25(3)51(69)56-39/h12-15,20-24,26-28,35,40-41,46,62-64,66-67H,11,16-19H2,1-10H3,(H,56,69)(H,70,71)/b13-12+,20-15+,25-14-,55-22+/t24-,26-,27-,28-,35+,40+,41-,46-,53+/m1/s1. The quantitative estimate of drug-likeness (QED) is 0.0522. The average Bonchev–Trinajstić information content (AvgIpc) is 3.64. The molecule has 1 saturated heterocycles. The van der Waals surface area contributed by atoms with Crippen molar-refractivity contribution >= 4 is 63.2 Å². The second-order valence-electron chi connectivity index (χ2n) is 19.4. The molecule has 6 heterocycles. The molecule has 402 valence electrons. The lowest BCUT2D eigenvalue weighted by Gasteiger charge is -2.38. The number of ether oxygens (including phenoxy) is 4. The average molecular weight is 1040 g/mol. The van der Waals surface area contributed by atoms with Gasteiger partial charge in [0.25, 0.3) is 11.7 Å². The van der Waals surface area contributed by atoms with Crippen molar-refractivity contribution < 1.29 is 73.2 Å². The number of aromatic hydroxyl groups is 3. The van der Waals surface area contributed by atoms with Crippen LogP contribution in [-0.2, 0) is 30.3 Å². The third-order valence-corrected chi connectivity index (χ3v) is 14.5. The number of esters is 1. The van der Waals surface area contributed by atoms with E-state index in [2.05, 4.69) is 15.4 Å². The Labute approximate surface area is 430 Å². The zero-order valence-electron chi connectivity index (χ0n) is 43.2. The van der Waals surface area contributed by atoms with Gasteiger partial charge in [0.15, 0.2) is 17.4 Å². The number of aliphatic hydroxyl groups excluding tert-OH is 2. The van der Waals surface area contributed by atoms with Crippen LogP contribution >= 0.6 is 0 Å². The summed E-state index contributed by atoms with van der Waals surface area (Å²) in [6.07, 6.45) is 5.40. The predicted octanol–water partition coefficient (Wildman–Crippen LogP) is 5.48. The number of halogens is 1. The molecule has 1 fully saturated rings. The summed E-state index contributed by atoms with van der Waals surface area (Å²) >= 11 is 0. The van der Waals surface area contributed by atoms with Crippen molar-refractivity contribution in [2.45, 2.75) is 99.1 Å². The number of pyridine rings is 2. The van der Waals surface area contributed by atoms with Crippen molar-refractivity contribution in [2.24, 2.45) is 28.8 Å². The van der Waals surface area contributed by atoms with Gasteiger partial charge in [0.1, 0.15) is 34.6 Å². The number of aromatic nitrogens is 2. The number of aryl methyl sites for hydroxylation is 1. The number of hydrogen-bond donors (Lipinski definition) is 7. The number of phenolic OH excluding ortho intramolecular Hbond substituents is 3. The van der Waals surface area contributed by atoms with E-state index in [1.165, 1.54) is 57.6 Å². The number of piperazine rings is 1. The number of aromatic carboxylic acids is 1.